The highest BCUT2D eigenvalue weighted by Crippen LogP contribution is 2.22. The van der Waals surface area contributed by atoms with Gasteiger partial charge in [0.15, 0.2) is 12.4 Å². The van der Waals surface area contributed by atoms with Crippen LogP contribution in [0.4, 0.5) is 0 Å². The van der Waals surface area contributed by atoms with Gasteiger partial charge in [-0.3, -0.25) is 0 Å². The van der Waals surface area contributed by atoms with E-state index in [1.807, 2.05) is 0 Å². The normalized spacial score (nSPS) is 40.6. The van der Waals surface area contributed by atoms with Gasteiger partial charge < -0.3 is 25.2 Å². The van der Waals surface area contributed by atoms with E-state index >= 15 is 0 Å². The van der Waals surface area contributed by atoms with Crippen LogP contribution in [0.1, 0.15) is 0 Å². The van der Waals surface area contributed by atoms with Gasteiger partial charge in [0.2, 0.25) is 0 Å². The van der Waals surface area contributed by atoms with Crippen molar-refractivity contribution in [3.63, 3.8) is 0 Å². The van der Waals surface area contributed by atoms with Crippen molar-refractivity contribution in [2.45, 2.75) is 30.6 Å². The molecule has 0 aromatic rings. The van der Waals surface area contributed by atoms with Crippen LogP contribution in [0.25, 0.3) is 10.4 Å². The zero-order chi connectivity index (χ0) is 11.6. The van der Waals surface area contributed by atoms with E-state index in [2.05, 4.69) is 14.8 Å². The minimum absolute atomic E-state index is 1.43. The highest BCUT2D eigenvalue weighted by molar-refractivity contribution is 5.73. The Morgan fingerprint density at radius 3 is 2.40 bits per heavy atom. The van der Waals surface area contributed by atoms with Crippen molar-refractivity contribution < 1.29 is 30.0 Å². The molecule has 9 heteroatoms. The molecule has 9 nitrogen and oxygen atoms in total. The minimum Gasteiger partial charge on any atom is -0.479 e. The molecule has 0 amide bonds. The molecule has 0 aliphatic carbocycles. The number of aliphatic hydroxyl groups is 3. The average Bonchev–Trinajstić information content (AvgIpc) is 2.18. The van der Waals surface area contributed by atoms with E-state index in [4.69, 9.17) is 10.6 Å². The van der Waals surface area contributed by atoms with Gasteiger partial charge in [0.05, 0.1) is 6.10 Å². The maximum atomic E-state index is 10.5. The summed E-state index contributed by atoms with van der Waals surface area (Å²) in [5.41, 5.74) is 8.10. The van der Waals surface area contributed by atoms with E-state index in [1.165, 1.54) is 0 Å². The zero-order valence-corrected chi connectivity index (χ0v) is 7.33. The molecule has 0 aromatic heterocycles. The van der Waals surface area contributed by atoms with Crippen LogP contribution < -0.4 is 0 Å². The number of azide groups is 1. The van der Waals surface area contributed by atoms with Crippen LogP contribution in [0, 0.1) is 0 Å². The lowest BCUT2D eigenvalue weighted by Gasteiger charge is -2.36. The van der Waals surface area contributed by atoms with Crippen LogP contribution in [0.5, 0.6) is 0 Å². The van der Waals surface area contributed by atoms with Crippen LogP contribution in [-0.2, 0) is 9.53 Å². The first-order valence-corrected chi connectivity index (χ1v) is 3.95. The summed E-state index contributed by atoms with van der Waals surface area (Å²) in [6.45, 7) is 0. The van der Waals surface area contributed by atoms with Gasteiger partial charge in [-0.15, -0.1) is 0 Å². The summed E-state index contributed by atoms with van der Waals surface area (Å²) >= 11 is 0. The van der Waals surface area contributed by atoms with Gasteiger partial charge in [-0.25, -0.2) is 4.79 Å². The molecule has 4 N–H and O–H groups in total. The zero-order valence-electron chi connectivity index (χ0n) is 7.33. The molecule has 84 valence electrons. The number of hydrogen-bond acceptors (Lipinski definition) is 6. The second kappa shape index (κ2) is 4.43. The first-order chi connectivity index (χ1) is 6.99. The van der Waals surface area contributed by atoms with Crippen LogP contribution in [0.2, 0.25) is 0 Å². The molecular weight excluding hydrogens is 210 g/mol. The van der Waals surface area contributed by atoms with Crippen molar-refractivity contribution in [1.29, 1.82) is 0 Å². The molecule has 0 spiro atoms. The summed E-state index contributed by atoms with van der Waals surface area (Å²) in [5.74, 6) is -1.53. The highest BCUT2D eigenvalue weighted by Gasteiger charge is 2.46. The number of aliphatic carboxylic acids is 1. The number of carboxylic acids is 1. The van der Waals surface area contributed by atoms with Gasteiger partial charge >= 0.3 is 5.97 Å². The number of carboxylic acid groups (broad SMARTS) is 1. The molecule has 0 saturated carbocycles. The predicted octanol–water partition coefficient (Wildman–Crippen LogP) is -1.81. The molecular formula is C6H9N3O6. The van der Waals surface area contributed by atoms with E-state index in [-0.39, 0.29) is 0 Å². The number of ether oxygens (including phenoxy) is 1. The van der Waals surface area contributed by atoms with E-state index in [9.17, 15) is 20.1 Å². The number of hydrogen-bond donors (Lipinski definition) is 4. The second-order valence-electron chi connectivity index (χ2n) is 2.96. The van der Waals surface area contributed by atoms with Gasteiger partial charge in [-0.2, -0.15) is 0 Å². The molecule has 0 radical (unpaired) electrons. The Kier molecular flexibility index (Phi) is 3.45. The molecule has 1 fully saturated rings. The number of nitrogens with zero attached hydrogens (tertiary/aromatic N) is 3. The van der Waals surface area contributed by atoms with Crippen molar-refractivity contribution >= 4 is 5.97 Å². The Morgan fingerprint density at radius 2 is 1.93 bits per heavy atom. The third kappa shape index (κ3) is 2.17. The van der Waals surface area contributed by atoms with Crippen LogP contribution in [-0.4, -0.2) is 57.0 Å². The lowest BCUT2D eigenvalue weighted by molar-refractivity contribution is -0.244. The minimum atomic E-state index is -1.76. The fourth-order valence-corrected chi connectivity index (χ4v) is 1.25. The third-order valence-electron chi connectivity index (χ3n) is 2.02. The number of rotatable bonds is 2. The van der Waals surface area contributed by atoms with Crippen molar-refractivity contribution in [2.24, 2.45) is 5.11 Å². The second-order valence-corrected chi connectivity index (χ2v) is 2.96. The highest BCUT2D eigenvalue weighted by atomic mass is 16.6. The monoisotopic (exact) mass is 219 g/mol. The Hall–Kier alpha value is -1.38. The number of carbonyl (C=O) groups is 1. The molecule has 1 saturated heterocycles. The molecule has 0 bridgehead atoms. The van der Waals surface area contributed by atoms with Crippen molar-refractivity contribution in [3.05, 3.63) is 10.4 Å². The first-order valence-electron chi connectivity index (χ1n) is 3.95. The van der Waals surface area contributed by atoms with Gasteiger partial charge in [-0.05, 0) is 5.53 Å². The smallest absolute Gasteiger partial charge is 0.335 e. The molecule has 5 atom stereocenters. The maximum Gasteiger partial charge on any atom is 0.335 e. The molecule has 1 aliphatic rings. The number of aliphatic hydroxyl groups excluding tert-OH is 3. The quantitative estimate of drug-likeness (QED) is 0.243. The molecule has 1 rings (SSSR count). The van der Waals surface area contributed by atoms with Gasteiger partial charge in [0, 0.05) is 4.91 Å². The van der Waals surface area contributed by atoms with E-state index < -0.39 is 36.6 Å². The average molecular weight is 219 g/mol. The summed E-state index contributed by atoms with van der Waals surface area (Å²) in [6.07, 6.45) is -6.97. The summed E-state index contributed by atoms with van der Waals surface area (Å²) in [5, 5.41) is 39.3. The topological polar surface area (TPSA) is 156 Å². The summed E-state index contributed by atoms with van der Waals surface area (Å²) in [7, 11) is 0. The van der Waals surface area contributed by atoms with Gasteiger partial charge in [0.25, 0.3) is 0 Å². The van der Waals surface area contributed by atoms with Gasteiger partial charge in [-0.1, -0.05) is 5.11 Å². The van der Waals surface area contributed by atoms with Crippen LogP contribution in [0.3, 0.4) is 0 Å². The summed E-state index contributed by atoms with van der Waals surface area (Å²) in [4.78, 5) is 12.8. The van der Waals surface area contributed by atoms with Gasteiger partial charge in [0.1, 0.15) is 12.1 Å². The molecule has 1 unspecified atom stereocenters. The Balaban J connectivity index is 2.87. The Morgan fingerprint density at radius 1 is 1.33 bits per heavy atom. The van der Waals surface area contributed by atoms with Crippen LogP contribution >= 0.6 is 0 Å². The van der Waals surface area contributed by atoms with Crippen molar-refractivity contribution in [2.75, 3.05) is 0 Å². The van der Waals surface area contributed by atoms with Crippen molar-refractivity contribution in [1.82, 2.24) is 0 Å². The third-order valence-corrected chi connectivity index (χ3v) is 2.02. The molecule has 1 aliphatic heterocycles. The predicted molar refractivity (Wildman–Crippen MR) is 43.5 cm³/mol. The summed E-state index contributed by atoms with van der Waals surface area (Å²) < 4.78 is 4.48. The largest absolute Gasteiger partial charge is 0.479 e. The Bertz CT molecular complexity index is 303. The van der Waals surface area contributed by atoms with E-state index in [0.29, 0.717) is 0 Å². The fraction of sp³-hybridized carbons (Fsp3) is 0.833. The molecule has 1 heterocycles. The maximum absolute atomic E-state index is 10.5. The molecule has 15 heavy (non-hydrogen) atoms. The SMILES string of the molecule is [N-]=[N+]=N[C@H]1C(O)O[C@H](C(=O)O)[C@H](O)[C@@H]1O. The lowest BCUT2D eigenvalue weighted by Crippen LogP contribution is -2.58. The fourth-order valence-electron chi connectivity index (χ4n) is 1.25. The summed E-state index contributed by atoms with van der Waals surface area (Å²) in [6, 6.07) is -1.43. The van der Waals surface area contributed by atoms with Crippen molar-refractivity contribution in [3.8, 4) is 0 Å². The first kappa shape index (κ1) is 11.7. The lowest BCUT2D eigenvalue weighted by atomic mass is 9.97. The Labute approximate surface area is 83.1 Å². The standard InChI is InChI=1S/C6H9N3O6/c7-9-8-1-2(10)3(11)4(5(12)13)15-6(1)14/h1-4,6,10-11,14H,(H,12,13)/t1-,2-,3-,4+,6?/m1/s1. The van der Waals surface area contributed by atoms with E-state index in [1.54, 1.807) is 0 Å². The van der Waals surface area contributed by atoms with Crippen LogP contribution in [0.15, 0.2) is 5.11 Å². The molecule has 0 aromatic carbocycles. The van der Waals surface area contributed by atoms with E-state index in [0.717, 1.165) is 0 Å².